The zero-order valence-electron chi connectivity index (χ0n) is 7.70. The van der Waals surface area contributed by atoms with Crippen molar-refractivity contribution in [2.24, 2.45) is 5.92 Å². The summed E-state index contributed by atoms with van der Waals surface area (Å²) < 4.78 is 0. The molecule has 0 aromatic heterocycles. The van der Waals surface area contributed by atoms with Gasteiger partial charge in [0.2, 0.25) is 0 Å². The van der Waals surface area contributed by atoms with Gasteiger partial charge in [0.1, 0.15) is 0 Å². The van der Waals surface area contributed by atoms with Crippen molar-refractivity contribution in [3.8, 4) is 0 Å². The lowest BCUT2D eigenvalue weighted by Gasteiger charge is -2.12. The molecule has 1 nitrogen and oxygen atoms in total. The van der Waals surface area contributed by atoms with Gasteiger partial charge in [-0.15, -0.1) is 0 Å². The molecule has 0 saturated carbocycles. The summed E-state index contributed by atoms with van der Waals surface area (Å²) in [6.07, 6.45) is 3.84. The number of nitrogens with one attached hydrogen (secondary N) is 1. The van der Waals surface area contributed by atoms with Crippen LogP contribution in [0.1, 0.15) is 33.1 Å². The van der Waals surface area contributed by atoms with Gasteiger partial charge in [-0.2, -0.15) is 0 Å². The summed E-state index contributed by atoms with van der Waals surface area (Å²) in [6, 6.07) is 0. The van der Waals surface area contributed by atoms with E-state index in [-0.39, 0.29) is 0 Å². The van der Waals surface area contributed by atoms with E-state index in [1.54, 1.807) is 0 Å². The number of alkyl halides is 1. The smallest absolute Gasteiger partial charge is 0.00433 e. The summed E-state index contributed by atoms with van der Waals surface area (Å²) in [5.41, 5.74) is 0. The fourth-order valence-electron chi connectivity index (χ4n) is 1.08. The SMILES string of the molecule is CCC(CC)CNCCCBr. The molecule has 11 heavy (non-hydrogen) atoms. The molecule has 0 aromatic carbocycles. The minimum atomic E-state index is 0.880. The molecule has 0 saturated heterocycles. The van der Waals surface area contributed by atoms with Gasteiger partial charge in [0.05, 0.1) is 0 Å². The van der Waals surface area contributed by atoms with Crippen LogP contribution >= 0.6 is 15.9 Å². The number of rotatable bonds is 7. The molecule has 0 atom stereocenters. The highest BCUT2D eigenvalue weighted by Gasteiger charge is 2.00. The number of halogens is 1. The van der Waals surface area contributed by atoms with Crippen molar-refractivity contribution in [3.05, 3.63) is 0 Å². The second-order valence-corrected chi connectivity index (χ2v) is 3.72. The average Bonchev–Trinajstić information content (AvgIpc) is 2.05. The molecule has 0 aliphatic carbocycles. The fourth-order valence-corrected chi connectivity index (χ4v) is 1.36. The second-order valence-electron chi connectivity index (χ2n) is 2.93. The highest BCUT2D eigenvalue weighted by atomic mass is 79.9. The van der Waals surface area contributed by atoms with Gasteiger partial charge in [-0.1, -0.05) is 42.6 Å². The van der Waals surface area contributed by atoms with E-state index in [1.165, 1.54) is 25.8 Å². The minimum absolute atomic E-state index is 0.880. The molecule has 0 fully saturated rings. The Morgan fingerprint density at radius 2 is 1.91 bits per heavy atom. The first-order chi connectivity index (χ1) is 5.35. The standard InChI is InChI=1S/C9H20BrN/c1-3-9(4-2)8-11-7-5-6-10/h9,11H,3-8H2,1-2H3. The summed E-state index contributed by atoms with van der Waals surface area (Å²) in [7, 11) is 0. The Morgan fingerprint density at radius 1 is 1.27 bits per heavy atom. The first-order valence-electron chi connectivity index (χ1n) is 4.61. The van der Waals surface area contributed by atoms with Crippen LogP contribution in [0.25, 0.3) is 0 Å². The van der Waals surface area contributed by atoms with Gasteiger partial charge in [-0.25, -0.2) is 0 Å². The Bertz CT molecular complexity index is 72.0. The normalized spacial score (nSPS) is 10.9. The first kappa shape index (κ1) is 11.4. The summed E-state index contributed by atoms with van der Waals surface area (Å²) in [5, 5.41) is 4.57. The molecule has 0 unspecified atom stereocenters. The molecule has 1 N–H and O–H groups in total. The molecule has 0 spiro atoms. The lowest BCUT2D eigenvalue weighted by molar-refractivity contribution is 0.451. The van der Waals surface area contributed by atoms with E-state index < -0.39 is 0 Å². The number of hydrogen-bond donors (Lipinski definition) is 1. The van der Waals surface area contributed by atoms with Gasteiger partial charge < -0.3 is 5.32 Å². The van der Waals surface area contributed by atoms with Gasteiger partial charge in [0.25, 0.3) is 0 Å². The summed E-state index contributed by atoms with van der Waals surface area (Å²) in [6.45, 7) is 6.88. The van der Waals surface area contributed by atoms with Gasteiger partial charge in [0, 0.05) is 5.33 Å². The summed E-state index contributed by atoms with van der Waals surface area (Å²) >= 11 is 3.41. The Kier molecular flexibility index (Phi) is 8.88. The molecule has 0 heterocycles. The van der Waals surface area contributed by atoms with Crippen molar-refractivity contribution in [1.82, 2.24) is 5.32 Å². The van der Waals surface area contributed by atoms with Crippen LogP contribution in [-0.2, 0) is 0 Å². The maximum Gasteiger partial charge on any atom is 0.00433 e. The van der Waals surface area contributed by atoms with E-state index in [4.69, 9.17) is 0 Å². The summed E-state index contributed by atoms with van der Waals surface area (Å²) in [4.78, 5) is 0. The van der Waals surface area contributed by atoms with Crippen LogP contribution in [0.5, 0.6) is 0 Å². The third kappa shape index (κ3) is 6.82. The Balaban J connectivity index is 3.07. The zero-order valence-corrected chi connectivity index (χ0v) is 9.28. The van der Waals surface area contributed by atoms with Crippen LogP contribution in [0.2, 0.25) is 0 Å². The molecule has 0 aliphatic rings. The van der Waals surface area contributed by atoms with Crippen molar-refractivity contribution in [1.29, 1.82) is 0 Å². The lowest BCUT2D eigenvalue weighted by atomic mass is 10.0. The van der Waals surface area contributed by atoms with E-state index in [1.807, 2.05) is 0 Å². The van der Waals surface area contributed by atoms with Crippen LogP contribution in [0.3, 0.4) is 0 Å². The predicted molar refractivity (Wildman–Crippen MR) is 55.4 cm³/mol. The largest absolute Gasteiger partial charge is 0.316 e. The topological polar surface area (TPSA) is 12.0 Å². The maximum absolute atomic E-state index is 3.46. The molecule has 0 rings (SSSR count). The molecule has 0 aromatic rings. The molecule has 0 aliphatic heterocycles. The number of hydrogen-bond acceptors (Lipinski definition) is 1. The van der Waals surface area contributed by atoms with Crippen molar-refractivity contribution in [2.45, 2.75) is 33.1 Å². The second kappa shape index (κ2) is 8.54. The van der Waals surface area contributed by atoms with Crippen LogP contribution < -0.4 is 5.32 Å². The third-order valence-electron chi connectivity index (χ3n) is 2.07. The van der Waals surface area contributed by atoms with Crippen LogP contribution in [0.4, 0.5) is 0 Å². The van der Waals surface area contributed by atoms with E-state index in [9.17, 15) is 0 Å². The molecule has 0 radical (unpaired) electrons. The molecular weight excluding hydrogens is 202 g/mol. The lowest BCUT2D eigenvalue weighted by Crippen LogP contribution is -2.23. The van der Waals surface area contributed by atoms with Crippen LogP contribution in [0.15, 0.2) is 0 Å². The summed E-state index contributed by atoms with van der Waals surface area (Å²) in [5.74, 6) is 0.880. The quantitative estimate of drug-likeness (QED) is 0.516. The van der Waals surface area contributed by atoms with Crippen LogP contribution in [-0.4, -0.2) is 18.4 Å². The predicted octanol–water partition coefficient (Wildman–Crippen LogP) is 2.80. The molecule has 2 heteroatoms. The van der Waals surface area contributed by atoms with Gasteiger partial charge in [-0.3, -0.25) is 0 Å². The van der Waals surface area contributed by atoms with Crippen LogP contribution in [0, 0.1) is 5.92 Å². The average molecular weight is 222 g/mol. The van der Waals surface area contributed by atoms with Crippen molar-refractivity contribution in [3.63, 3.8) is 0 Å². The molecular formula is C9H20BrN. The zero-order chi connectivity index (χ0) is 8.53. The monoisotopic (exact) mass is 221 g/mol. The highest BCUT2D eigenvalue weighted by Crippen LogP contribution is 2.04. The van der Waals surface area contributed by atoms with Gasteiger partial charge in [-0.05, 0) is 25.4 Å². The molecule has 68 valence electrons. The Hall–Kier alpha value is 0.440. The Morgan fingerprint density at radius 3 is 2.36 bits per heavy atom. The fraction of sp³-hybridized carbons (Fsp3) is 1.00. The Labute approximate surface area is 79.1 Å². The highest BCUT2D eigenvalue weighted by molar-refractivity contribution is 9.09. The van der Waals surface area contributed by atoms with E-state index >= 15 is 0 Å². The van der Waals surface area contributed by atoms with E-state index in [0.29, 0.717) is 0 Å². The van der Waals surface area contributed by atoms with Gasteiger partial charge >= 0.3 is 0 Å². The minimum Gasteiger partial charge on any atom is -0.316 e. The van der Waals surface area contributed by atoms with Gasteiger partial charge in [0.15, 0.2) is 0 Å². The van der Waals surface area contributed by atoms with Crippen molar-refractivity contribution >= 4 is 15.9 Å². The molecule has 0 bridgehead atoms. The van der Waals surface area contributed by atoms with Crippen molar-refractivity contribution in [2.75, 3.05) is 18.4 Å². The van der Waals surface area contributed by atoms with E-state index in [0.717, 1.165) is 17.8 Å². The molecule has 0 amide bonds. The van der Waals surface area contributed by atoms with E-state index in [2.05, 4.69) is 35.1 Å². The van der Waals surface area contributed by atoms with Crippen molar-refractivity contribution < 1.29 is 0 Å². The third-order valence-corrected chi connectivity index (χ3v) is 2.64. The maximum atomic E-state index is 3.46. The first-order valence-corrected chi connectivity index (χ1v) is 5.73.